The predicted molar refractivity (Wildman–Crippen MR) is 109 cm³/mol. The number of unbranched alkanes of at least 4 members (excludes halogenated alkanes) is 2. The molecule has 2 aromatic rings. The van der Waals surface area contributed by atoms with Gasteiger partial charge in [0.1, 0.15) is 0 Å². The third-order valence-corrected chi connectivity index (χ3v) is 5.55. The van der Waals surface area contributed by atoms with Gasteiger partial charge in [-0.15, -0.1) is 0 Å². The van der Waals surface area contributed by atoms with E-state index in [1.165, 1.54) is 0 Å². The fourth-order valence-corrected chi connectivity index (χ4v) is 3.90. The van der Waals surface area contributed by atoms with Gasteiger partial charge in [-0.2, -0.15) is 0 Å². The summed E-state index contributed by atoms with van der Waals surface area (Å²) < 4.78 is 0. The summed E-state index contributed by atoms with van der Waals surface area (Å²) in [6.45, 7) is 5.55. The summed E-state index contributed by atoms with van der Waals surface area (Å²) in [7, 11) is 0. The van der Waals surface area contributed by atoms with Crippen LogP contribution in [0.4, 0.5) is 0 Å². The largest absolute Gasteiger partial charge is 0.358 e. The molecule has 28 heavy (non-hydrogen) atoms. The number of aryl methyl sites for hydroxylation is 1. The second-order valence-corrected chi connectivity index (χ2v) is 7.56. The quantitative estimate of drug-likeness (QED) is 0.438. The lowest BCUT2D eigenvalue weighted by Gasteiger charge is -2.31. The Hall–Kier alpha value is -2.63. The number of amides is 2. The Bertz CT molecular complexity index is 863. The van der Waals surface area contributed by atoms with Crippen molar-refractivity contribution in [2.24, 2.45) is 5.92 Å². The Morgan fingerprint density at radius 1 is 1.14 bits per heavy atom. The van der Waals surface area contributed by atoms with E-state index in [1.807, 2.05) is 31.2 Å². The molecular weight excluding hydrogens is 354 g/mol. The van der Waals surface area contributed by atoms with E-state index in [1.54, 1.807) is 4.90 Å². The summed E-state index contributed by atoms with van der Waals surface area (Å²) in [5.74, 6) is -0.954. The summed E-state index contributed by atoms with van der Waals surface area (Å²) in [5, 5.41) is 3.77. The molecule has 1 aromatic carbocycles. The van der Waals surface area contributed by atoms with Crippen molar-refractivity contribution in [1.82, 2.24) is 15.2 Å². The summed E-state index contributed by atoms with van der Waals surface area (Å²) in [4.78, 5) is 42.7. The van der Waals surface area contributed by atoms with Crippen molar-refractivity contribution in [2.45, 2.75) is 46.0 Å². The van der Waals surface area contributed by atoms with E-state index in [2.05, 4.69) is 17.2 Å². The van der Waals surface area contributed by atoms with E-state index in [0.717, 1.165) is 30.2 Å². The molecule has 1 fully saturated rings. The van der Waals surface area contributed by atoms with Crippen LogP contribution in [0.2, 0.25) is 0 Å². The van der Waals surface area contributed by atoms with Crippen molar-refractivity contribution in [2.75, 3.05) is 19.6 Å². The van der Waals surface area contributed by atoms with Gasteiger partial charge < -0.3 is 15.2 Å². The number of aromatic amines is 1. The summed E-state index contributed by atoms with van der Waals surface area (Å²) in [5.41, 5.74) is 2.02. The lowest BCUT2D eigenvalue weighted by Crippen LogP contribution is -2.45. The normalized spacial score (nSPS) is 15.0. The molecule has 0 saturated carbocycles. The molecule has 1 aliphatic heterocycles. The molecule has 2 N–H and O–H groups in total. The molecule has 150 valence electrons. The maximum absolute atomic E-state index is 12.9. The fraction of sp³-hybridized carbons (Fsp3) is 0.500. The Morgan fingerprint density at radius 3 is 2.57 bits per heavy atom. The van der Waals surface area contributed by atoms with Gasteiger partial charge in [0.05, 0.1) is 5.56 Å². The number of para-hydroxylation sites is 1. The summed E-state index contributed by atoms with van der Waals surface area (Å²) in [6.07, 6.45) is 4.44. The van der Waals surface area contributed by atoms with Crippen LogP contribution in [0.25, 0.3) is 10.9 Å². The third kappa shape index (κ3) is 4.26. The number of hydrogen-bond donors (Lipinski definition) is 2. The van der Waals surface area contributed by atoms with Gasteiger partial charge in [-0.25, -0.2) is 0 Å². The van der Waals surface area contributed by atoms with Crippen LogP contribution in [0, 0.1) is 12.8 Å². The number of ketones is 1. The van der Waals surface area contributed by atoms with Gasteiger partial charge in [0.2, 0.25) is 5.91 Å². The number of nitrogens with one attached hydrogen (secondary N) is 2. The number of carbonyl (C=O) groups is 3. The highest BCUT2D eigenvalue weighted by Crippen LogP contribution is 2.24. The summed E-state index contributed by atoms with van der Waals surface area (Å²) in [6, 6.07) is 7.51. The maximum Gasteiger partial charge on any atom is 0.295 e. The van der Waals surface area contributed by atoms with Gasteiger partial charge in [0.15, 0.2) is 0 Å². The lowest BCUT2D eigenvalue weighted by atomic mass is 9.95. The first-order valence-corrected chi connectivity index (χ1v) is 10.2. The zero-order valence-corrected chi connectivity index (χ0v) is 16.7. The lowest BCUT2D eigenvalue weighted by molar-refractivity contribution is -0.132. The molecule has 2 amide bonds. The minimum atomic E-state index is -0.477. The number of hydrogen-bond acceptors (Lipinski definition) is 3. The van der Waals surface area contributed by atoms with Crippen molar-refractivity contribution in [3.05, 3.63) is 35.5 Å². The maximum atomic E-state index is 12.9. The predicted octanol–water partition coefficient (Wildman–Crippen LogP) is 3.20. The fourth-order valence-electron chi connectivity index (χ4n) is 3.90. The Kier molecular flexibility index (Phi) is 6.49. The number of rotatable bonds is 7. The minimum absolute atomic E-state index is 0.0713. The van der Waals surface area contributed by atoms with Crippen LogP contribution in [0.15, 0.2) is 24.3 Å². The zero-order chi connectivity index (χ0) is 20.1. The molecule has 1 aliphatic rings. The van der Waals surface area contributed by atoms with Gasteiger partial charge in [-0.05, 0) is 32.3 Å². The highest BCUT2D eigenvalue weighted by atomic mass is 16.2. The SMILES string of the molecule is CCCCCNC(=O)C1CCN(C(=O)C(=O)c2c(C)[nH]c3ccccc23)CC1. The average Bonchev–Trinajstić information content (AvgIpc) is 3.05. The van der Waals surface area contributed by atoms with Crippen molar-refractivity contribution in [3.63, 3.8) is 0 Å². The number of piperidine rings is 1. The van der Waals surface area contributed by atoms with E-state index in [9.17, 15) is 14.4 Å². The van der Waals surface area contributed by atoms with Crippen LogP contribution in [0.5, 0.6) is 0 Å². The molecule has 3 rings (SSSR count). The standard InChI is InChI=1S/C22H29N3O3/c1-3-4-7-12-23-21(27)16-10-13-25(14-11-16)22(28)20(26)19-15(2)24-18-9-6-5-8-17(18)19/h5-6,8-9,16,24H,3-4,7,10-14H2,1-2H3,(H,23,27). The van der Waals surface area contributed by atoms with Crippen LogP contribution in [-0.2, 0) is 9.59 Å². The number of Topliss-reactive ketones (excluding diaryl/α,β-unsaturated/α-hetero) is 1. The number of H-pyrrole nitrogens is 1. The van der Waals surface area contributed by atoms with Crippen molar-refractivity contribution in [3.8, 4) is 0 Å². The van der Waals surface area contributed by atoms with Crippen LogP contribution in [0.1, 0.15) is 55.1 Å². The molecule has 0 unspecified atom stereocenters. The van der Waals surface area contributed by atoms with Gasteiger partial charge in [0.25, 0.3) is 11.7 Å². The first-order valence-electron chi connectivity index (χ1n) is 10.2. The summed E-state index contributed by atoms with van der Waals surface area (Å²) >= 11 is 0. The molecule has 1 aromatic heterocycles. The average molecular weight is 383 g/mol. The van der Waals surface area contributed by atoms with E-state index < -0.39 is 11.7 Å². The highest BCUT2D eigenvalue weighted by Gasteiger charge is 2.32. The second kappa shape index (κ2) is 9.04. The van der Waals surface area contributed by atoms with Crippen LogP contribution in [-0.4, -0.2) is 47.1 Å². The molecule has 2 heterocycles. The van der Waals surface area contributed by atoms with Crippen LogP contribution < -0.4 is 5.32 Å². The number of aromatic nitrogens is 1. The second-order valence-electron chi connectivity index (χ2n) is 7.56. The first-order chi connectivity index (χ1) is 13.5. The minimum Gasteiger partial charge on any atom is -0.358 e. The van der Waals surface area contributed by atoms with Gasteiger partial charge in [-0.3, -0.25) is 14.4 Å². The Morgan fingerprint density at radius 2 is 1.86 bits per heavy atom. The van der Waals surface area contributed by atoms with Crippen LogP contribution in [0.3, 0.4) is 0 Å². The number of fused-ring (bicyclic) bond motifs is 1. The Balaban J connectivity index is 1.58. The first kappa shape index (κ1) is 20.1. The molecule has 0 spiro atoms. The number of carbonyl (C=O) groups excluding carboxylic acids is 3. The number of nitrogens with zero attached hydrogens (tertiary/aromatic N) is 1. The molecule has 0 atom stereocenters. The molecule has 0 bridgehead atoms. The van der Waals surface area contributed by atoms with Crippen molar-refractivity contribution in [1.29, 1.82) is 0 Å². The van der Waals surface area contributed by atoms with Crippen LogP contribution >= 0.6 is 0 Å². The number of likely N-dealkylation sites (tertiary alicyclic amines) is 1. The highest BCUT2D eigenvalue weighted by molar-refractivity contribution is 6.45. The Labute approximate surface area is 165 Å². The van der Waals surface area contributed by atoms with Crippen molar-refractivity contribution >= 4 is 28.5 Å². The smallest absolute Gasteiger partial charge is 0.295 e. The van der Waals surface area contributed by atoms with Gasteiger partial charge >= 0.3 is 0 Å². The molecular formula is C22H29N3O3. The van der Waals surface area contributed by atoms with E-state index in [4.69, 9.17) is 0 Å². The molecule has 0 radical (unpaired) electrons. The molecule has 0 aliphatic carbocycles. The van der Waals surface area contributed by atoms with Gasteiger partial charge in [0, 0.05) is 42.1 Å². The van der Waals surface area contributed by atoms with E-state index >= 15 is 0 Å². The van der Waals surface area contributed by atoms with E-state index in [0.29, 0.717) is 43.7 Å². The third-order valence-electron chi connectivity index (χ3n) is 5.55. The van der Waals surface area contributed by atoms with Crippen molar-refractivity contribution < 1.29 is 14.4 Å². The van der Waals surface area contributed by atoms with E-state index in [-0.39, 0.29) is 11.8 Å². The molecule has 6 heteroatoms. The zero-order valence-electron chi connectivity index (χ0n) is 16.7. The molecule has 6 nitrogen and oxygen atoms in total. The topological polar surface area (TPSA) is 82.3 Å². The van der Waals surface area contributed by atoms with Gasteiger partial charge in [-0.1, -0.05) is 38.0 Å². The molecule has 1 saturated heterocycles. The number of benzene rings is 1. The monoisotopic (exact) mass is 383 g/mol.